The van der Waals surface area contributed by atoms with Crippen LogP contribution in [0.5, 0.6) is 11.5 Å². The molecule has 0 fully saturated rings. The van der Waals surface area contributed by atoms with Gasteiger partial charge < -0.3 is 9.47 Å². The van der Waals surface area contributed by atoms with E-state index in [2.05, 4.69) is 9.93 Å². The third kappa shape index (κ3) is 4.37. The molecule has 0 aromatic heterocycles. The minimum Gasteiger partial charge on any atom is -0.493 e. The average molecular weight is 355 g/mol. The first kappa shape index (κ1) is 17.1. The monoisotopic (exact) mass is 354 g/mol. The molecule has 6 nitrogen and oxygen atoms in total. The summed E-state index contributed by atoms with van der Waals surface area (Å²) in [6.45, 7) is 0. The van der Waals surface area contributed by atoms with Crippen molar-refractivity contribution < 1.29 is 17.9 Å². The summed E-state index contributed by atoms with van der Waals surface area (Å²) in [5.74, 6) is 0.758. The molecule has 0 saturated heterocycles. The second-order valence-corrected chi connectivity index (χ2v) is 6.52. The average Bonchev–Trinajstić information content (AvgIpc) is 2.55. The van der Waals surface area contributed by atoms with Crippen molar-refractivity contribution in [2.24, 2.45) is 5.10 Å². The zero-order valence-electron chi connectivity index (χ0n) is 12.5. The van der Waals surface area contributed by atoms with Gasteiger partial charge in [0.05, 0.1) is 25.3 Å². The Labute approximate surface area is 139 Å². The first-order chi connectivity index (χ1) is 11.0. The van der Waals surface area contributed by atoms with E-state index < -0.39 is 10.0 Å². The maximum Gasteiger partial charge on any atom is 0.276 e. The van der Waals surface area contributed by atoms with Crippen LogP contribution in [0.4, 0.5) is 0 Å². The van der Waals surface area contributed by atoms with Crippen LogP contribution in [0.1, 0.15) is 5.56 Å². The molecule has 2 aromatic carbocycles. The van der Waals surface area contributed by atoms with Gasteiger partial charge in [0.25, 0.3) is 10.0 Å². The summed E-state index contributed by atoms with van der Waals surface area (Å²) in [6.07, 6.45) is 1.38. The van der Waals surface area contributed by atoms with Gasteiger partial charge in [-0.2, -0.15) is 13.5 Å². The van der Waals surface area contributed by atoms with Crippen molar-refractivity contribution in [2.45, 2.75) is 4.90 Å². The highest BCUT2D eigenvalue weighted by Gasteiger charge is 2.16. The number of hydrogen-bond acceptors (Lipinski definition) is 5. The Morgan fingerprint density at radius 2 is 1.70 bits per heavy atom. The van der Waals surface area contributed by atoms with E-state index in [0.29, 0.717) is 22.1 Å². The summed E-state index contributed by atoms with van der Waals surface area (Å²) in [4.78, 5) is 2.16. The van der Waals surface area contributed by atoms with Crippen LogP contribution in [0, 0.1) is 0 Å². The second-order valence-electron chi connectivity index (χ2n) is 4.42. The number of benzene rings is 2. The van der Waals surface area contributed by atoms with Gasteiger partial charge in [0.15, 0.2) is 11.5 Å². The lowest BCUT2D eigenvalue weighted by Gasteiger charge is -2.09. The standard InChI is InChI=1S/C15H15ClN2O4S/c1-21-14-8-7-13(9-15(14)22-2)23(19,20)18-17-10-11-3-5-12(16)6-4-11/h3-10,18H,1-2H3/b17-10+. The zero-order chi connectivity index (χ0) is 16.9. The zero-order valence-corrected chi connectivity index (χ0v) is 14.1. The van der Waals surface area contributed by atoms with Crippen molar-refractivity contribution in [1.29, 1.82) is 0 Å². The van der Waals surface area contributed by atoms with Crippen molar-refractivity contribution in [2.75, 3.05) is 14.2 Å². The van der Waals surface area contributed by atoms with Gasteiger partial charge in [-0.3, -0.25) is 0 Å². The lowest BCUT2D eigenvalue weighted by molar-refractivity contribution is 0.354. The quantitative estimate of drug-likeness (QED) is 0.639. The molecule has 1 N–H and O–H groups in total. The van der Waals surface area contributed by atoms with E-state index in [1.165, 1.54) is 38.6 Å². The first-order valence-corrected chi connectivity index (χ1v) is 8.35. The predicted octanol–water partition coefficient (Wildman–Crippen LogP) is 2.67. The molecule has 0 atom stereocenters. The number of hydrogen-bond donors (Lipinski definition) is 1. The molecule has 0 saturated carbocycles. The van der Waals surface area contributed by atoms with E-state index in [9.17, 15) is 8.42 Å². The number of nitrogens with one attached hydrogen (secondary N) is 1. The molecule has 0 unspecified atom stereocenters. The molecule has 2 rings (SSSR count). The molecular formula is C15H15ClN2O4S. The van der Waals surface area contributed by atoms with Gasteiger partial charge in [0, 0.05) is 11.1 Å². The number of nitrogens with zero attached hydrogens (tertiary/aromatic N) is 1. The van der Waals surface area contributed by atoms with Crippen molar-refractivity contribution >= 4 is 27.8 Å². The Balaban J connectivity index is 2.17. The highest BCUT2D eigenvalue weighted by Crippen LogP contribution is 2.29. The predicted molar refractivity (Wildman–Crippen MR) is 88.9 cm³/mol. The maximum absolute atomic E-state index is 12.2. The van der Waals surface area contributed by atoms with E-state index in [0.717, 1.165) is 0 Å². The molecule has 23 heavy (non-hydrogen) atoms. The van der Waals surface area contributed by atoms with Crippen LogP contribution < -0.4 is 14.3 Å². The highest BCUT2D eigenvalue weighted by molar-refractivity contribution is 7.89. The van der Waals surface area contributed by atoms with Gasteiger partial charge in [-0.1, -0.05) is 23.7 Å². The smallest absolute Gasteiger partial charge is 0.276 e. The van der Waals surface area contributed by atoms with E-state index in [1.54, 1.807) is 24.3 Å². The largest absolute Gasteiger partial charge is 0.493 e. The molecule has 0 radical (unpaired) electrons. The molecule has 0 bridgehead atoms. The van der Waals surface area contributed by atoms with Crippen LogP contribution in [0.15, 0.2) is 52.5 Å². The minimum atomic E-state index is -3.81. The Morgan fingerprint density at radius 1 is 1.04 bits per heavy atom. The Morgan fingerprint density at radius 3 is 2.30 bits per heavy atom. The minimum absolute atomic E-state index is 0.0170. The van der Waals surface area contributed by atoms with Crippen LogP contribution in [0.3, 0.4) is 0 Å². The molecule has 0 amide bonds. The number of methoxy groups -OCH3 is 2. The van der Waals surface area contributed by atoms with Gasteiger partial charge in [-0.05, 0) is 29.8 Å². The Kier molecular flexibility index (Phi) is 5.46. The van der Waals surface area contributed by atoms with Crippen molar-refractivity contribution in [3.05, 3.63) is 53.1 Å². The van der Waals surface area contributed by atoms with Crippen molar-refractivity contribution in [3.63, 3.8) is 0 Å². The Hall–Kier alpha value is -2.25. The SMILES string of the molecule is COc1ccc(S(=O)(=O)N/N=C/c2ccc(Cl)cc2)cc1OC. The molecule has 0 heterocycles. The van der Waals surface area contributed by atoms with Gasteiger partial charge >= 0.3 is 0 Å². The van der Waals surface area contributed by atoms with E-state index in [-0.39, 0.29) is 4.90 Å². The molecule has 0 aliphatic carbocycles. The van der Waals surface area contributed by atoms with E-state index in [4.69, 9.17) is 21.1 Å². The number of rotatable bonds is 6. The van der Waals surface area contributed by atoms with Crippen LogP contribution in [-0.2, 0) is 10.0 Å². The van der Waals surface area contributed by atoms with Crippen molar-refractivity contribution in [1.82, 2.24) is 4.83 Å². The number of ether oxygens (including phenoxy) is 2. The van der Waals surface area contributed by atoms with Crippen LogP contribution in [0.2, 0.25) is 5.02 Å². The highest BCUT2D eigenvalue weighted by atomic mass is 35.5. The molecule has 8 heteroatoms. The molecule has 2 aromatic rings. The number of hydrazone groups is 1. The molecule has 0 aliphatic rings. The number of halogens is 1. The van der Waals surface area contributed by atoms with Crippen LogP contribution >= 0.6 is 11.6 Å². The lowest BCUT2D eigenvalue weighted by Crippen LogP contribution is -2.18. The van der Waals surface area contributed by atoms with Gasteiger partial charge in [-0.15, -0.1) is 0 Å². The lowest BCUT2D eigenvalue weighted by atomic mass is 10.2. The summed E-state index contributed by atoms with van der Waals surface area (Å²) >= 11 is 5.77. The molecule has 0 spiro atoms. The fourth-order valence-electron chi connectivity index (χ4n) is 1.76. The summed E-state index contributed by atoms with van der Waals surface area (Å²) in [7, 11) is -0.902. The van der Waals surface area contributed by atoms with Gasteiger partial charge in [-0.25, -0.2) is 4.83 Å². The third-order valence-electron chi connectivity index (χ3n) is 2.92. The van der Waals surface area contributed by atoms with E-state index in [1.807, 2.05) is 0 Å². The normalized spacial score (nSPS) is 11.4. The van der Waals surface area contributed by atoms with Crippen molar-refractivity contribution in [3.8, 4) is 11.5 Å². The third-order valence-corrected chi connectivity index (χ3v) is 4.39. The van der Waals surface area contributed by atoms with Crippen LogP contribution in [-0.4, -0.2) is 28.9 Å². The summed E-state index contributed by atoms with van der Waals surface area (Å²) in [5, 5.41) is 4.33. The second kappa shape index (κ2) is 7.34. The van der Waals surface area contributed by atoms with Gasteiger partial charge in [0.1, 0.15) is 0 Å². The van der Waals surface area contributed by atoms with Gasteiger partial charge in [0.2, 0.25) is 0 Å². The first-order valence-electron chi connectivity index (χ1n) is 6.49. The summed E-state index contributed by atoms with van der Waals surface area (Å²) < 4.78 is 34.6. The number of sulfonamides is 1. The summed E-state index contributed by atoms with van der Waals surface area (Å²) in [6, 6.07) is 11.1. The van der Waals surface area contributed by atoms with Crippen LogP contribution in [0.25, 0.3) is 0 Å². The Bertz CT molecular complexity index is 805. The molecule has 122 valence electrons. The summed E-state index contributed by atoms with van der Waals surface area (Å²) in [5.41, 5.74) is 0.712. The molecule has 0 aliphatic heterocycles. The fraction of sp³-hybridized carbons (Fsp3) is 0.133. The maximum atomic E-state index is 12.2. The molecular weight excluding hydrogens is 340 g/mol. The topological polar surface area (TPSA) is 77.0 Å². The fourth-order valence-corrected chi connectivity index (χ4v) is 2.69. The van der Waals surface area contributed by atoms with E-state index >= 15 is 0 Å².